The number of ether oxygens (including phenoxy) is 2. The topological polar surface area (TPSA) is 76.8 Å². The summed E-state index contributed by atoms with van der Waals surface area (Å²) in [5, 5.41) is 7.45. The fraction of sp³-hybridized carbons (Fsp3) is 0.667. The van der Waals surface area contributed by atoms with Gasteiger partial charge in [0.15, 0.2) is 0 Å². The number of hydrogen-bond donors (Lipinski definition) is 1. The van der Waals surface area contributed by atoms with E-state index >= 15 is 0 Å². The minimum Gasteiger partial charge on any atom is -0.475 e. The number of fused-ring (bicyclic) bond motifs is 2. The van der Waals surface area contributed by atoms with Crippen LogP contribution in [-0.2, 0) is 4.74 Å². The summed E-state index contributed by atoms with van der Waals surface area (Å²) in [5.74, 6) is 2.61. The predicted molar refractivity (Wildman–Crippen MR) is 149 cm³/mol. The minimum absolute atomic E-state index is 0.105. The summed E-state index contributed by atoms with van der Waals surface area (Å²) in [5.41, 5.74) is 0. The van der Waals surface area contributed by atoms with E-state index in [0.717, 1.165) is 42.8 Å². The third-order valence-corrected chi connectivity index (χ3v) is 9.44. The number of nitrogens with zero attached hydrogens (tertiary/aromatic N) is 2. The van der Waals surface area contributed by atoms with Crippen molar-refractivity contribution in [2.75, 3.05) is 26.2 Å². The smallest absolute Gasteiger partial charge is 0.291 e. The molecular weight excluding hydrogens is 498 g/mol. The van der Waals surface area contributed by atoms with Crippen molar-refractivity contribution >= 4 is 17.7 Å². The number of amides is 1. The van der Waals surface area contributed by atoms with Crippen LogP contribution in [0.15, 0.2) is 44.6 Å². The lowest BCUT2D eigenvalue weighted by molar-refractivity contribution is -0.0686. The van der Waals surface area contributed by atoms with Crippen molar-refractivity contribution in [3.05, 3.63) is 36.1 Å². The van der Waals surface area contributed by atoms with Crippen molar-refractivity contribution < 1.29 is 18.8 Å². The Balaban J connectivity index is 1.22. The summed E-state index contributed by atoms with van der Waals surface area (Å²) in [6, 6.07) is 10.1. The van der Waals surface area contributed by atoms with Gasteiger partial charge in [0.2, 0.25) is 5.76 Å². The van der Waals surface area contributed by atoms with Crippen LogP contribution in [0, 0.1) is 17.8 Å². The quantitative estimate of drug-likeness (QED) is 0.368. The van der Waals surface area contributed by atoms with Gasteiger partial charge in [-0.3, -0.25) is 9.69 Å². The number of carbonyl (C=O) groups excluding carboxylic acids is 1. The molecule has 3 unspecified atom stereocenters. The van der Waals surface area contributed by atoms with Crippen LogP contribution < -0.4 is 10.1 Å². The largest absolute Gasteiger partial charge is 0.475 e. The molecule has 2 saturated carbocycles. The zero-order valence-electron chi connectivity index (χ0n) is 23.1. The van der Waals surface area contributed by atoms with E-state index in [-0.39, 0.29) is 29.9 Å². The maximum absolute atomic E-state index is 13.4. The van der Waals surface area contributed by atoms with Crippen LogP contribution in [0.4, 0.5) is 0 Å². The molecular formula is C30H43N3O4S. The second-order valence-electron chi connectivity index (χ2n) is 11.7. The van der Waals surface area contributed by atoms with E-state index in [9.17, 15) is 4.79 Å². The normalized spacial score (nSPS) is 28.6. The Kier molecular flexibility index (Phi) is 9.33. The van der Waals surface area contributed by atoms with Gasteiger partial charge in [-0.15, -0.1) is 0 Å². The van der Waals surface area contributed by atoms with E-state index in [4.69, 9.17) is 14.0 Å². The van der Waals surface area contributed by atoms with Crippen molar-refractivity contribution in [3.63, 3.8) is 0 Å². The van der Waals surface area contributed by atoms with E-state index in [1.54, 1.807) is 0 Å². The van der Waals surface area contributed by atoms with Crippen LogP contribution in [0.1, 0.15) is 76.3 Å². The summed E-state index contributed by atoms with van der Waals surface area (Å²) >= 11 is 1.47. The molecule has 8 heteroatoms. The minimum atomic E-state index is -0.203. The standard InChI is InChI=1S/C30H43N3O4S/c1-20-18-33(19-21(2)36-20)13-8-14-35-30-28(38-26-11-5-4-6-12-26)27(37-32-30)29(34)31-22(3)25-16-23-9-7-10-24(15-23)17-25/h4-6,11-12,20-25H,7-10,13-19H2,1-3H3,(H,31,34)/t20-,21+,22?,23?,24?,25?. The van der Waals surface area contributed by atoms with Gasteiger partial charge in [0, 0.05) is 30.6 Å². The van der Waals surface area contributed by atoms with Gasteiger partial charge in [-0.1, -0.05) is 49.2 Å². The molecule has 1 saturated heterocycles. The van der Waals surface area contributed by atoms with Gasteiger partial charge in [-0.2, -0.15) is 0 Å². The van der Waals surface area contributed by atoms with Gasteiger partial charge in [0.05, 0.1) is 18.8 Å². The van der Waals surface area contributed by atoms with Crippen LogP contribution in [0.3, 0.4) is 0 Å². The first kappa shape index (κ1) is 27.5. The number of hydrogen-bond acceptors (Lipinski definition) is 7. The fourth-order valence-corrected chi connectivity index (χ4v) is 7.64. The number of carbonyl (C=O) groups is 1. The van der Waals surface area contributed by atoms with Crippen LogP contribution in [0.5, 0.6) is 5.88 Å². The molecule has 1 aromatic heterocycles. The van der Waals surface area contributed by atoms with E-state index in [1.807, 2.05) is 30.3 Å². The first-order chi connectivity index (χ1) is 18.4. The molecule has 1 aromatic carbocycles. The summed E-state index contributed by atoms with van der Waals surface area (Å²) in [4.78, 5) is 17.5. The zero-order valence-corrected chi connectivity index (χ0v) is 23.9. The zero-order chi connectivity index (χ0) is 26.5. The van der Waals surface area contributed by atoms with E-state index in [1.165, 1.54) is 50.3 Å². The number of morpholine rings is 1. The fourth-order valence-electron chi connectivity index (χ4n) is 6.71. The summed E-state index contributed by atoms with van der Waals surface area (Å²) in [6.07, 6.45) is 9.24. The van der Waals surface area contributed by atoms with E-state index < -0.39 is 0 Å². The number of benzene rings is 1. The van der Waals surface area contributed by atoms with Crippen molar-refractivity contribution in [2.45, 2.75) is 93.8 Å². The average Bonchev–Trinajstić information content (AvgIpc) is 3.28. The third kappa shape index (κ3) is 7.13. The van der Waals surface area contributed by atoms with Crippen LogP contribution in [-0.4, -0.2) is 60.5 Å². The van der Waals surface area contributed by atoms with Crippen LogP contribution in [0.2, 0.25) is 0 Å². The predicted octanol–water partition coefficient (Wildman–Crippen LogP) is 6.04. The summed E-state index contributed by atoms with van der Waals surface area (Å²) in [6.45, 7) is 9.71. The molecule has 2 aliphatic carbocycles. The lowest BCUT2D eigenvalue weighted by Gasteiger charge is -2.41. The van der Waals surface area contributed by atoms with Crippen LogP contribution >= 0.6 is 11.8 Å². The van der Waals surface area contributed by atoms with Crippen molar-refractivity contribution in [2.24, 2.45) is 17.8 Å². The average molecular weight is 542 g/mol. The third-order valence-electron chi connectivity index (χ3n) is 8.37. The SMILES string of the molecule is CC(NC(=O)c1onc(OCCCN2C[C@@H](C)O[C@@H](C)C2)c1Sc1ccccc1)C1CC2CCCC(C2)C1. The summed E-state index contributed by atoms with van der Waals surface area (Å²) < 4.78 is 17.6. The molecule has 1 N–H and O–H groups in total. The lowest BCUT2D eigenvalue weighted by Crippen LogP contribution is -2.45. The van der Waals surface area contributed by atoms with Crippen molar-refractivity contribution in [1.29, 1.82) is 0 Å². The van der Waals surface area contributed by atoms with Gasteiger partial charge >= 0.3 is 0 Å². The van der Waals surface area contributed by atoms with Crippen molar-refractivity contribution in [1.82, 2.24) is 15.4 Å². The molecule has 5 atom stereocenters. The van der Waals surface area contributed by atoms with Gasteiger partial charge in [0.1, 0.15) is 4.90 Å². The second-order valence-corrected chi connectivity index (χ2v) is 12.8. The first-order valence-corrected chi connectivity index (χ1v) is 15.3. The molecule has 7 nitrogen and oxygen atoms in total. The molecule has 2 bridgehead atoms. The van der Waals surface area contributed by atoms with Gasteiger partial charge in [-0.05, 0) is 81.5 Å². The molecule has 1 amide bonds. The molecule has 2 aromatic rings. The van der Waals surface area contributed by atoms with E-state index in [0.29, 0.717) is 23.3 Å². The van der Waals surface area contributed by atoms with E-state index in [2.05, 4.69) is 36.1 Å². The molecule has 38 heavy (non-hydrogen) atoms. The van der Waals surface area contributed by atoms with Crippen LogP contribution in [0.25, 0.3) is 0 Å². The van der Waals surface area contributed by atoms with Gasteiger partial charge in [-0.25, -0.2) is 0 Å². The Bertz CT molecular complexity index is 1030. The molecule has 3 aliphatic rings. The molecule has 5 rings (SSSR count). The Morgan fingerprint density at radius 2 is 1.84 bits per heavy atom. The summed E-state index contributed by atoms with van der Waals surface area (Å²) in [7, 11) is 0. The molecule has 0 radical (unpaired) electrons. The van der Waals surface area contributed by atoms with Gasteiger partial charge in [0.25, 0.3) is 11.8 Å². The molecule has 1 aliphatic heterocycles. The molecule has 2 heterocycles. The Labute approximate surface area is 231 Å². The molecule has 208 valence electrons. The highest BCUT2D eigenvalue weighted by molar-refractivity contribution is 7.99. The Morgan fingerprint density at radius 1 is 1.13 bits per heavy atom. The number of aromatic nitrogens is 1. The highest BCUT2D eigenvalue weighted by Gasteiger charge is 2.35. The maximum Gasteiger partial charge on any atom is 0.291 e. The van der Waals surface area contributed by atoms with Crippen molar-refractivity contribution in [3.8, 4) is 5.88 Å². The first-order valence-electron chi connectivity index (χ1n) is 14.5. The monoisotopic (exact) mass is 541 g/mol. The Morgan fingerprint density at radius 3 is 2.55 bits per heavy atom. The maximum atomic E-state index is 13.4. The highest BCUT2D eigenvalue weighted by atomic mass is 32.2. The second kappa shape index (κ2) is 12.9. The molecule has 3 fully saturated rings. The highest BCUT2D eigenvalue weighted by Crippen LogP contribution is 2.44. The lowest BCUT2D eigenvalue weighted by atomic mass is 9.66. The number of nitrogens with one attached hydrogen (secondary N) is 1. The number of rotatable bonds is 10. The Hall–Kier alpha value is -2.03. The molecule has 0 spiro atoms. The van der Waals surface area contributed by atoms with Gasteiger partial charge < -0.3 is 19.3 Å².